The molecule has 30 heavy (non-hydrogen) atoms. The molecule has 0 saturated heterocycles. The molecule has 0 bridgehead atoms. The molecular weight excluding hydrogens is 402 g/mol. The average molecular weight is 430 g/mol. The molecule has 0 radical (unpaired) electrons. The first-order valence-corrected chi connectivity index (χ1v) is 11.8. The van der Waals surface area contributed by atoms with E-state index in [4.69, 9.17) is 4.74 Å². The van der Waals surface area contributed by atoms with Gasteiger partial charge in [0, 0.05) is 23.3 Å². The lowest BCUT2D eigenvalue weighted by atomic mass is 9.95. The Bertz CT molecular complexity index is 1040. The predicted octanol–water partition coefficient (Wildman–Crippen LogP) is 3.63. The van der Waals surface area contributed by atoms with E-state index >= 15 is 0 Å². The maximum atomic E-state index is 13.0. The van der Waals surface area contributed by atoms with E-state index in [-0.39, 0.29) is 28.8 Å². The van der Waals surface area contributed by atoms with Gasteiger partial charge in [-0.3, -0.25) is 4.79 Å². The lowest BCUT2D eigenvalue weighted by molar-refractivity contribution is 0.0937. The summed E-state index contributed by atoms with van der Waals surface area (Å²) in [6, 6.07) is 8.72. The summed E-state index contributed by atoms with van der Waals surface area (Å²) in [5.41, 5.74) is -0.122. The summed E-state index contributed by atoms with van der Waals surface area (Å²) in [7, 11) is -3.28. The molecule has 0 aliphatic heterocycles. The van der Waals surface area contributed by atoms with Crippen LogP contribution in [0.15, 0.2) is 48.0 Å². The van der Waals surface area contributed by atoms with Gasteiger partial charge in [-0.1, -0.05) is 45.0 Å². The van der Waals surface area contributed by atoms with Gasteiger partial charge in [-0.15, -0.1) is 0 Å². The second kappa shape index (κ2) is 8.55. The van der Waals surface area contributed by atoms with Crippen molar-refractivity contribution in [1.29, 1.82) is 0 Å². The Morgan fingerprint density at radius 3 is 2.47 bits per heavy atom. The Morgan fingerprint density at radius 1 is 1.23 bits per heavy atom. The van der Waals surface area contributed by atoms with Gasteiger partial charge in [-0.2, -0.15) is 4.98 Å². The summed E-state index contributed by atoms with van der Waals surface area (Å²) in [4.78, 5) is 21.9. The summed E-state index contributed by atoms with van der Waals surface area (Å²) in [5.74, 6) is 1.10. The van der Waals surface area contributed by atoms with Gasteiger partial charge >= 0.3 is 0 Å². The van der Waals surface area contributed by atoms with Gasteiger partial charge < -0.3 is 10.1 Å². The van der Waals surface area contributed by atoms with E-state index in [1.165, 1.54) is 12.3 Å². The number of hydrogen-bond donors (Lipinski definition) is 1. The van der Waals surface area contributed by atoms with Crippen molar-refractivity contribution in [2.24, 2.45) is 5.92 Å². The zero-order valence-corrected chi connectivity index (χ0v) is 18.4. The Balaban J connectivity index is 1.90. The zero-order chi connectivity index (χ0) is 21.9. The number of rotatable bonds is 7. The van der Waals surface area contributed by atoms with Crippen LogP contribution in [-0.2, 0) is 15.3 Å². The minimum absolute atomic E-state index is 0.167. The molecule has 1 atom stereocenters. The fourth-order valence-electron chi connectivity index (χ4n) is 2.80. The highest BCUT2D eigenvalue weighted by Crippen LogP contribution is 2.34. The van der Waals surface area contributed by atoms with E-state index in [1.54, 1.807) is 12.1 Å². The summed E-state index contributed by atoms with van der Waals surface area (Å²) < 4.78 is 28.9. The van der Waals surface area contributed by atoms with Crippen molar-refractivity contribution >= 4 is 15.7 Å². The SMILES string of the molecule is CC(C)(C)c1ncc(C(=O)NC(C=CS(C)(=O)=O)C2CC2)c(Oc2ccccc2)n1. The Morgan fingerprint density at radius 2 is 1.90 bits per heavy atom. The molecule has 1 saturated carbocycles. The topological polar surface area (TPSA) is 98.2 Å². The first kappa shape index (κ1) is 22.0. The average Bonchev–Trinajstić information content (AvgIpc) is 3.49. The minimum atomic E-state index is -3.28. The fraction of sp³-hybridized carbons (Fsp3) is 0.409. The van der Waals surface area contributed by atoms with E-state index < -0.39 is 15.7 Å². The van der Waals surface area contributed by atoms with Crippen LogP contribution in [0.25, 0.3) is 0 Å². The number of nitrogens with one attached hydrogen (secondary N) is 1. The van der Waals surface area contributed by atoms with Crippen molar-refractivity contribution in [3.8, 4) is 11.6 Å². The van der Waals surface area contributed by atoms with Crippen LogP contribution in [0, 0.1) is 5.92 Å². The number of amides is 1. The van der Waals surface area contributed by atoms with Crippen molar-refractivity contribution in [3.63, 3.8) is 0 Å². The molecule has 1 heterocycles. The van der Waals surface area contributed by atoms with Crippen LogP contribution in [0.1, 0.15) is 49.8 Å². The third-order valence-corrected chi connectivity index (χ3v) is 5.24. The fourth-order valence-corrected chi connectivity index (χ4v) is 3.25. The van der Waals surface area contributed by atoms with Crippen molar-refractivity contribution in [1.82, 2.24) is 15.3 Å². The Kier molecular flexibility index (Phi) is 6.26. The smallest absolute Gasteiger partial charge is 0.258 e. The standard InChI is InChI=1S/C22H27N3O4S/c1-22(2,3)21-23-14-17(20(25-21)29-16-8-6-5-7-9-16)19(26)24-18(15-10-11-15)12-13-30(4,27)28/h5-9,12-15,18H,10-11H2,1-4H3,(H,24,26). The normalized spacial score (nSPS) is 15.7. The first-order valence-electron chi connectivity index (χ1n) is 9.82. The maximum absolute atomic E-state index is 13.0. The highest BCUT2D eigenvalue weighted by atomic mass is 32.2. The number of sulfone groups is 1. The van der Waals surface area contributed by atoms with Crippen LogP contribution >= 0.6 is 0 Å². The first-order chi connectivity index (χ1) is 14.0. The summed E-state index contributed by atoms with van der Waals surface area (Å²) in [5, 5.41) is 4.04. The van der Waals surface area contributed by atoms with Crippen LogP contribution in [0.3, 0.4) is 0 Å². The Hall–Kier alpha value is -2.74. The van der Waals surface area contributed by atoms with Gasteiger partial charge in [0.15, 0.2) is 9.84 Å². The van der Waals surface area contributed by atoms with Crippen LogP contribution in [-0.4, -0.2) is 36.6 Å². The predicted molar refractivity (Wildman–Crippen MR) is 115 cm³/mol. The van der Waals surface area contributed by atoms with E-state index in [9.17, 15) is 13.2 Å². The number of carbonyl (C=O) groups is 1. The third-order valence-electron chi connectivity index (χ3n) is 4.59. The maximum Gasteiger partial charge on any atom is 0.258 e. The molecular formula is C22H27N3O4S. The van der Waals surface area contributed by atoms with Crippen molar-refractivity contribution in [2.45, 2.75) is 45.1 Å². The van der Waals surface area contributed by atoms with E-state index in [2.05, 4.69) is 15.3 Å². The second-order valence-electron chi connectivity index (χ2n) is 8.57. The number of nitrogens with zero attached hydrogens (tertiary/aromatic N) is 2. The van der Waals surface area contributed by atoms with E-state index in [1.807, 2.05) is 39.0 Å². The second-order valence-corrected chi connectivity index (χ2v) is 10.5. The number of carbonyl (C=O) groups excluding carboxylic acids is 1. The molecule has 160 valence electrons. The molecule has 1 N–H and O–H groups in total. The largest absolute Gasteiger partial charge is 0.438 e. The molecule has 3 rings (SSSR count). The highest BCUT2D eigenvalue weighted by Gasteiger charge is 2.32. The molecule has 1 unspecified atom stereocenters. The van der Waals surface area contributed by atoms with Crippen molar-refractivity contribution in [2.75, 3.05) is 6.26 Å². The molecule has 1 aromatic carbocycles. The number of para-hydroxylation sites is 1. The monoisotopic (exact) mass is 429 g/mol. The van der Waals surface area contributed by atoms with Gasteiger partial charge in [0.05, 0.1) is 6.04 Å². The molecule has 1 aliphatic rings. The van der Waals surface area contributed by atoms with E-state index in [0.29, 0.717) is 11.6 Å². The quantitative estimate of drug-likeness (QED) is 0.722. The van der Waals surface area contributed by atoms with Gasteiger partial charge in [0.2, 0.25) is 5.88 Å². The summed E-state index contributed by atoms with van der Waals surface area (Å²) in [6.07, 6.45) is 6.00. The van der Waals surface area contributed by atoms with Crippen LogP contribution in [0.2, 0.25) is 0 Å². The molecule has 1 fully saturated rings. The molecule has 1 aromatic heterocycles. The van der Waals surface area contributed by atoms with Crippen LogP contribution in [0.4, 0.5) is 0 Å². The number of aromatic nitrogens is 2. The Labute approximate surface area is 177 Å². The third kappa shape index (κ3) is 6.13. The number of ether oxygens (including phenoxy) is 1. The highest BCUT2D eigenvalue weighted by molar-refractivity contribution is 7.93. The summed E-state index contributed by atoms with van der Waals surface area (Å²) in [6.45, 7) is 5.94. The molecule has 7 nitrogen and oxygen atoms in total. The van der Waals surface area contributed by atoms with Crippen LogP contribution < -0.4 is 10.1 Å². The molecule has 0 spiro atoms. The summed E-state index contributed by atoms with van der Waals surface area (Å²) >= 11 is 0. The van der Waals surface area contributed by atoms with Gasteiger partial charge in [-0.05, 0) is 30.9 Å². The molecule has 1 aliphatic carbocycles. The zero-order valence-electron chi connectivity index (χ0n) is 17.6. The molecule has 8 heteroatoms. The van der Waals surface area contributed by atoms with Crippen molar-refractivity contribution < 1.29 is 17.9 Å². The van der Waals surface area contributed by atoms with Gasteiger partial charge in [-0.25, -0.2) is 13.4 Å². The molecule has 1 amide bonds. The lowest BCUT2D eigenvalue weighted by Crippen LogP contribution is -2.35. The van der Waals surface area contributed by atoms with Crippen LogP contribution in [0.5, 0.6) is 11.6 Å². The molecule has 2 aromatic rings. The van der Waals surface area contributed by atoms with Gasteiger partial charge in [0.25, 0.3) is 5.91 Å². The van der Waals surface area contributed by atoms with Crippen molar-refractivity contribution in [3.05, 3.63) is 59.4 Å². The van der Waals surface area contributed by atoms with E-state index in [0.717, 1.165) is 24.5 Å². The lowest BCUT2D eigenvalue weighted by Gasteiger charge is -2.20. The number of benzene rings is 1. The number of hydrogen-bond acceptors (Lipinski definition) is 6. The van der Waals surface area contributed by atoms with Gasteiger partial charge in [0.1, 0.15) is 17.1 Å². The minimum Gasteiger partial charge on any atom is -0.438 e.